The summed E-state index contributed by atoms with van der Waals surface area (Å²) >= 11 is 0. The van der Waals surface area contributed by atoms with Crippen LogP contribution in [0.1, 0.15) is 30.4 Å². The summed E-state index contributed by atoms with van der Waals surface area (Å²) in [4.78, 5) is 14.5. The Labute approximate surface area is 212 Å². The lowest BCUT2D eigenvalue weighted by atomic mass is 9.72. The molecular formula is C28H30N2O5S. The molecular weight excluding hydrogens is 476 g/mol. The average molecular weight is 507 g/mol. The molecule has 188 valence electrons. The summed E-state index contributed by atoms with van der Waals surface area (Å²) in [5.41, 5.74) is 1.12. The molecule has 1 N–H and O–H groups in total. The molecule has 2 fully saturated rings. The third-order valence-corrected chi connectivity index (χ3v) is 9.07. The summed E-state index contributed by atoms with van der Waals surface area (Å²) in [6.45, 7) is 1.40. The maximum atomic E-state index is 12.8. The first kappa shape index (κ1) is 24.3. The van der Waals surface area contributed by atoms with Crippen molar-refractivity contribution in [1.29, 1.82) is 0 Å². The molecule has 2 heterocycles. The standard InChI is InChI=1S/C28H30N2O5S/c31-27(35-26-14-12-25(13-15-26)30-18-7-21-36(30,33)34)29-19-16-24(17-20-29)28(32,22-8-3-1-4-9-22)23-10-5-2-6-11-23/h1-6,8-15,24,32H,7,16-21H2. The van der Waals surface area contributed by atoms with Crippen LogP contribution in [0.2, 0.25) is 0 Å². The highest BCUT2D eigenvalue weighted by Crippen LogP contribution is 2.42. The number of hydrogen-bond donors (Lipinski definition) is 1. The van der Waals surface area contributed by atoms with Crippen molar-refractivity contribution < 1.29 is 23.1 Å². The van der Waals surface area contributed by atoms with Gasteiger partial charge in [0.2, 0.25) is 10.0 Å². The average Bonchev–Trinajstić information content (AvgIpc) is 3.28. The Morgan fingerprint density at radius 3 is 1.89 bits per heavy atom. The first-order valence-corrected chi connectivity index (χ1v) is 13.9. The topological polar surface area (TPSA) is 87.2 Å². The van der Waals surface area contributed by atoms with E-state index in [1.807, 2.05) is 60.7 Å². The molecule has 36 heavy (non-hydrogen) atoms. The zero-order valence-electron chi connectivity index (χ0n) is 20.0. The SMILES string of the molecule is O=C(Oc1ccc(N2CCCS2(=O)=O)cc1)N1CCC(C(O)(c2ccccc2)c2ccccc2)CC1. The van der Waals surface area contributed by atoms with Crippen molar-refractivity contribution in [3.05, 3.63) is 96.1 Å². The van der Waals surface area contributed by atoms with Gasteiger partial charge in [0.25, 0.3) is 0 Å². The third kappa shape index (κ3) is 4.70. The van der Waals surface area contributed by atoms with E-state index in [0.29, 0.717) is 50.3 Å². The monoisotopic (exact) mass is 506 g/mol. The number of amides is 1. The smallest absolute Gasteiger partial charge is 0.410 e. The molecule has 7 nitrogen and oxygen atoms in total. The Balaban J connectivity index is 1.25. The first-order chi connectivity index (χ1) is 17.4. The summed E-state index contributed by atoms with van der Waals surface area (Å²) in [5, 5.41) is 12.0. The molecule has 0 unspecified atom stereocenters. The van der Waals surface area contributed by atoms with E-state index in [0.717, 1.165) is 11.1 Å². The third-order valence-electron chi connectivity index (χ3n) is 7.20. The highest BCUT2D eigenvalue weighted by molar-refractivity contribution is 7.93. The van der Waals surface area contributed by atoms with Gasteiger partial charge in [-0.25, -0.2) is 13.2 Å². The van der Waals surface area contributed by atoms with Gasteiger partial charge >= 0.3 is 6.09 Å². The Morgan fingerprint density at radius 1 is 0.833 bits per heavy atom. The number of likely N-dealkylation sites (tertiary alicyclic amines) is 1. The summed E-state index contributed by atoms with van der Waals surface area (Å²) in [6.07, 6.45) is 1.42. The maximum Gasteiger partial charge on any atom is 0.415 e. The molecule has 0 saturated carbocycles. The molecule has 8 heteroatoms. The minimum Gasteiger partial charge on any atom is -0.410 e. The minimum absolute atomic E-state index is 0.0620. The number of nitrogens with zero attached hydrogens (tertiary/aromatic N) is 2. The zero-order chi connectivity index (χ0) is 25.2. The normalized spacial score (nSPS) is 18.2. The quantitative estimate of drug-likeness (QED) is 0.555. The fraction of sp³-hybridized carbons (Fsp3) is 0.321. The van der Waals surface area contributed by atoms with Crippen molar-refractivity contribution >= 4 is 21.8 Å². The molecule has 0 radical (unpaired) electrons. The van der Waals surface area contributed by atoms with Gasteiger partial charge < -0.3 is 14.7 Å². The van der Waals surface area contributed by atoms with E-state index in [2.05, 4.69) is 0 Å². The van der Waals surface area contributed by atoms with Crippen LogP contribution in [-0.4, -0.2) is 49.9 Å². The summed E-state index contributed by atoms with van der Waals surface area (Å²) in [6, 6.07) is 26.0. The second kappa shape index (κ2) is 9.95. The van der Waals surface area contributed by atoms with Gasteiger partial charge in [0.05, 0.1) is 11.4 Å². The lowest BCUT2D eigenvalue weighted by Gasteiger charge is -2.42. The first-order valence-electron chi connectivity index (χ1n) is 12.3. The maximum absolute atomic E-state index is 12.8. The van der Waals surface area contributed by atoms with Crippen molar-refractivity contribution in [2.75, 3.05) is 29.7 Å². The van der Waals surface area contributed by atoms with Crippen LogP contribution in [0.25, 0.3) is 0 Å². The predicted molar refractivity (Wildman–Crippen MR) is 138 cm³/mol. The molecule has 0 aromatic heterocycles. The lowest BCUT2D eigenvalue weighted by molar-refractivity contribution is -0.0115. The molecule has 1 amide bonds. The van der Waals surface area contributed by atoms with Gasteiger partial charge in [0.1, 0.15) is 11.4 Å². The van der Waals surface area contributed by atoms with E-state index < -0.39 is 21.7 Å². The van der Waals surface area contributed by atoms with Crippen LogP contribution in [0.4, 0.5) is 10.5 Å². The number of ether oxygens (including phenoxy) is 1. The number of anilines is 1. The van der Waals surface area contributed by atoms with E-state index >= 15 is 0 Å². The second-order valence-electron chi connectivity index (χ2n) is 9.36. The molecule has 3 aromatic carbocycles. The van der Waals surface area contributed by atoms with Crippen molar-refractivity contribution in [3.8, 4) is 5.75 Å². The second-order valence-corrected chi connectivity index (χ2v) is 11.4. The van der Waals surface area contributed by atoms with Gasteiger partial charge in [-0.05, 0) is 60.6 Å². The van der Waals surface area contributed by atoms with Gasteiger partial charge in [-0.15, -0.1) is 0 Å². The number of benzene rings is 3. The van der Waals surface area contributed by atoms with Crippen LogP contribution in [0.5, 0.6) is 5.75 Å². The van der Waals surface area contributed by atoms with E-state index in [9.17, 15) is 18.3 Å². The van der Waals surface area contributed by atoms with Gasteiger partial charge in [-0.2, -0.15) is 0 Å². The predicted octanol–water partition coefficient (Wildman–Crippen LogP) is 4.37. The Morgan fingerprint density at radius 2 is 1.39 bits per heavy atom. The number of hydrogen-bond acceptors (Lipinski definition) is 5. The number of rotatable bonds is 5. The zero-order valence-corrected chi connectivity index (χ0v) is 20.8. The number of sulfonamides is 1. The molecule has 0 aliphatic carbocycles. The van der Waals surface area contributed by atoms with E-state index in [1.54, 1.807) is 29.2 Å². The fourth-order valence-electron chi connectivity index (χ4n) is 5.28. The molecule has 2 aliphatic rings. The number of piperidine rings is 1. The Kier molecular flexibility index (Phi) is 6.73. The van der Waals surface area contributed by atoms with Crippen molar-refractivity contribution in [3.63, 3.8) is 0 Å². The summed E-state index contributed by atoms with van der Waals surface area (Å²) < 4.78 is 31.2. The van der Waals surface area contributed by atoms with Gasteiger partial charge in [0.15, 0.2) is 0 Å². The molecule has 2 saturated heterocycles. The number of carbonyl (C=O) groups excluding carboxylic acids is 1. The van der Waals surface area contributed by atoms with Gasteiger partial charge in [0, 0.05) is 19.6 Å². The van der Waals surface area contributed by atoms with Crippen molar-refractivity contribution in [2.45, 2.75) is 24.9 Å². The van der Waals surface area contributed by atoms with Gasteiger partial charge in [-0.1, -0.05) is 60.7 Å². The minimum atomic E-state index is -3.25. The van der Waals surface area contributed by atoms with Crippen LogP contribution in [-0.2, 0) is 15.6 Å². The largest absolute Gasteiger partial charge is 0.415 e. The number of carbonyl (C=O) groups is 1. The molecule has 0 spiro atoms. The lowest BCUT2D eigenvalue weighted by Crippen LogP contribution is -2.46. The molecule has 0 atom stereocenters. The molecule has 0 bridgehead atoms. The van der Waals surface area contributed by atoms with Crippen molar-refractivity contribution in [2.24, 2.45) is 5.92 Å². The van der Waals surface area contributed by atoms with E-state index in [-0.39, 0.29) is 11.7 Å². The molecule has 5 rings (SSSR count). The summed E-state index contributed by atoms with van der Waals surface area (Å²) in [7, 11) is -3.25. The van der Waals surface area contributed by atoms with Gasteiger partial charge in [-0.3, -0.25) is 4.31 Å². The number of aliphatic hydroxyl groups is 1. The Hall–Kier alpha value is -3.36. The van der Waals surface area contributed by atoms with Crippen LogP contribution in [0.3, 0.4) is 0 Å². The fourth-order valence-corrected chi connectivity index (χ4v) is 6.84. The Bertz CT molecular complexity index is 1250. The highest BCUT2D eigenvalue weighted by atomic mass is 32.2. The van der Waals surface area contributed by atoms with Crippen LogP contribution in [0.15, 0.2) is 84.9 Å². The molecule has 2 aliphatic heterocycles. The molecule has 3 aromatic rings. The van der Waals surface area contributed by atoms with Crippen LogP contribution >= 0.6 is 0 Å². The van der Waals surface area contributed by atoms with Crippen molar-refractivity contribution in [1.82, 2.24) is 4.90 Å². The van der Waals surface area contributed by atoms with Crippen LogP contribution in [0, 0.1) is 5.92 Å². The van der Waals surface area contributed by atoms with Crippen LogP contribution < -0.4 is 9.04 Å². The van der Waals surface area contributed by atoms with E-state index in [4.69, 9.17) is 4.74 Å². The summed E-state index contributed by atoms with van der Waals surface area (Å²) in [5.74, 6) is 0.462. The van der Waals surface area contributed by atoms with E-state index in [1.165, 1.54) is 4.31 Å². The highest BCUT2D eigenvalue weighted by Gasteiger charge is 2.42.